The molecule has 3 N–H and O–H groups in total. The zero-order chi connectivity index (χ0) is 18.9. The van der Waals surface area contributed by atoms with Crippen molar-refractivity contribution in [3.05, 3.63) is 66.0 Å². The van der Waals surface area contributed by atoms with E-state index in [2.05, 4.69) is 79.7 Å². The number of aromatic nitrogens is 3. The summed E-state index contributed by atoms with van der Waals surface area (Å²) in [7, 11) is 0. The molecule has 0 amide bonds. The molecule has 2 aromatic carbocycles. The molecule has 6 nitrogen and oxygen atoms in total. The summed E-state index contributed by atoms with van der Waals surface area (Å²) in [6.45, 7) is 4.39. The van der Waals surface area contributed by atoms with E-state index in [4.69, 9.17) is 0 Å². The molecule has 0 bridgehead atoms. The van der Waals surface area contributed by atoms with E-state index >= 15 is 0 Å². The second kappa shape index (κ2) is 9.89. The van der Waals surface area contributed by atoms with Gasteiger partial charge in [0.1, 0.15) is 6.33 Å². The van der Waals surface area contributed by atoms with Gasteiger partial charge in [-0.3, -0.25) is 4.72 Å². The van der Waals surface area contributed by atoms with Crippen molar-refractivity contribution in [2.45, 2.75) is 13.5 Å². The van der Waals surface area contributed by atoms with Gasteiger partial charge >= 0.3 is 0 Å². The van der Waals surface area contributed by atoms with E-state index in [0.717, 1.165) is 13.1 Å². The molecule has 0 radical (unpaired) electrons. The van der Waals surface area contributed by atoms with Crippen LogP contribution in [0.2, 0.25) is 0 Å². The fourth-order valence-electron chi connectivity index (χ4n) is 2.77. The zero-order valence-corrected chi connectivity index (χ0v) is 16.4. The third-order valence-electron chi connectivity index (χ3n) is 4.19. The monoisotopic (exact) mass is 380 g/mol. The van der Waals surface area contributed by atoms with E-state index < -0.39 is 0 Å². The number of hydrogen-bond acceptors (Lipinski definition) is 7. The highest BCUT2D eigenvalue weighted by atomic mass is 32.2. The Balaban J connectivity index is 1.65. The van der Waals surface area contributed by atoms with Crippen LogP contribution in [0.3, 0.4) is 0 Å². The van der Waals surface area contributed by atoms with E-state index in [0.29, 0.717) is 18.4 Å². The van der Waals surface area contributed by atoms with Gasteiger partial charge in [-0.05, 0) is 35.4 Å². The average Bonchev–Trinajstić information content (AvgIpc) is 2.71. The molecular weight excluding hydrogens is 356 g/mol. The Morgan fingerprint density at radius 3 is 2.44 bits per heavy atom. The summed E-state index contributed by atoms with van der Waals surface area (Å²) in [5.74, 6) is 1.14. The molecule has 27 heavy (non-hydrogen) atoms. The third-order valence-corrected chi connectivity index (χ3v) is 4.69. The van der Waals surface area contributed by atoms with Gasteiger partial charge in [-0.15, -0.1) is 0 Å². The Kier molecular flexibility index (Phi) is 7.01. The zero-order valence-electron chi connectivity index (χ0n) is 15.6. The first-order valence-electron chi connectivity index (χ1n) is 8.84. The molecule has 1 aromatic heterocycles. The van der Waals surface area contributed by atoms with E-state index in [1.165, 1.54) is 28.6 Å². The van der Waals surface area contributed by atoms with Crippen LogP contribution in [-0.4, -0.2) is 34.3 Å². The molecule has 1 heterocycles. The smallest absolute Gasteiger partial charge is 0.227 e. The highest BCUT2D eigenvalue weighted by molar-refractivity contribution is 7.96. The summed E-state index contributed by atoms with van der Waals surface area (Å²) >= 11 is 1.59. The number of hydrogen-bond donors (Lipinski definition) is 3. The number of rotatable bonds is 9. The first-order valence-corrected chi connectivity index (χ1v) is 10.1. The van der Waals surface area contributed by atoms with Crippen LogP contribution in [0.25, 0.3) is 11.1 Å². The molecule has 0 aliphatic carbocycles. The van der Waals surface area contributed by atoms with E-state index in [1.807, 2.05) is 12.3 Å². The topological polar surface area (TPSA) is 74.8 Å². The molecule has 0 atom stereocenters. The van der Waals surface area contributed by atoms with Crippen LogP contribution in [0.1, 0.15) is 11.1 Å². The maximum Gasteiger partial charge on any atom is 0.227 e. The summed E-state index contributed by atoms with van der Waals surface area (Å²) in [5.41, 5.74) is 4.94. The van der Waals surface area contributed by atoms with Crippen LogP contribution in [0, 0.1) is 6.92 Å². The molecule has 0 saturated heterocycles. The van der Waals surface area contributed by atoms with Crippen molar-refractivity contribution in [2.75, 3.05) is 30.0 Å². The van der Waals surface area contributed by atoms with Crippen molar-refractivity contribution in [1.82, 2.24) is 19.7 Å². The fourth-order valence-corrected chi connectivity index (χ4v) is 3.08. The third kappa shape index (κ3) is 5.42. The molecule has 0 aliphatic heterocycles. The maximum atomic E-state index is 4.42. The minimum absolute atomic E-state index is 0.565. The van der Waals surface area contributed by atoms with E-state index in [-0.39, 0.29) is 0 Å². The first kappa shape index (κ1) is 19.1. The first-order chi connectivity index (χ1) is 13.3. The van der Waals surface area contributed by atoms with Gasteiger partial charge < -0.3 is 10.6 Å². The van der Waals surface area contributed by atoms with Gasteiger partial charge in [0.25, 0.3) is 0 Å². The lowest BCUT2D eigenvalue weighted by Crippen LogP contribution is -2.17. The largest absolute Gasteiger partial charge is 0.353 e. The van der Waals surface area contributed by atoms with Crippen LogP contribution in [0.4, 0.5) is 11.9 Å². The number of nitrogens with zero attached hydrogens (tertiary/aromatic N) is 3. The lowest BCUT2D eigenvalue weighted by atomic mass is 9.96. The number of benzene rings is 2. The predicted octanol–water partition coefficient (Wildman–Crippen LogP) is 3.74. The molecule has 0 saturated carbocycles. The van der Waals surface area contributed by atoms with Gasteiger partial charge in [0, 0.05) is 19.6 Å². The van der Waals surface area contributed by atoms with Crippen molar-refractivity contribution in [2.24, 2.45) is 0 Å². The second-order valence-corrected chi connectivity index (χ2v) is 6.66. The average molecular weight is 381 g/mol. The molecular formula is C20H24N6S. The SMILES string of the molecule is CSNCCNc1ncnc(NCc2cccc(-c3ccccc3)c2C)n1. The minimum Gasteiger partial charge on any atom is -0.353 e. The van der Waals surface area contributed by atoms with Gasteiger partial charge in [-0.2, -0.15) is 4.98 Å². The van der Waals surface area contributed by atoms with Crippen LogP contribution in [-0.2, 0) is 6.54 Å². The molecule has 0 spiro atoms. The van der Waals surface area contributed by atoms with Crippen molar-refractivity contribution in [3.63, 3.8) is 0 Å². The maximum absolute atomic E-state index is 4.42. The van der Waals surface area contributed by atoms with Crippen molar-refractivity contribution in [1.29, 1.82) is 0 Å². The molecule has 3 aromatic rings. The van der Waals surface area contributed by atoms with Crippen molar-refractivity contribution >= 4 is 23.8 Å². The van der Waals surface area contributed by atoms with Crippen LogP contribution >= 0.6 is 11.9 Å². The highest BCUT2D eigenvalue weighted by Crippen LogP contribution is 2.25. The predicted molar refractivity (Wildman–Crippen MR) is 114 cm³/mol. The Labute approximate surface area is 164 Å². The van der Waals surface area contributed by atoms with E-state index in [1.54, 1.807) is 11.9 Å². The summed E-state index contributed by atoms with van der Waals surface area (Å²) < 4.78 is 3.17. The molecule has 140 valence electrons. The fraction of sp³-hybridized carbons (Fsp3) is 0.250. The summed E-state index contributed by atoms with van der Waals surface area (Å²) in [6.07, 6.45) is 3.52. The lowest BCUT2D eigenvalue weighted by molar-refractivity contribution is 0.923. The number of anilines is 2. The highest BCUT2D eigenvalue weighted by Gasteiger charge is 2.07. The van der Waals surface area contributed by atoms with Crippen LogP contribution in [0.15, 0.2) is 54.9 Å². The van der Waals surface area contributed by atoms with Gasteiger partial charge in [-0.25, -0.2) is 9.97 Å². The quantitative estimate of drug-likeness (QED) is 0.386. The Bertz CT molecular complexity index is 856. The summed E-state index contributed by atoms with van der Waals surface area (Å²) in [4.78, 5) is 12.8. The lowest BCUT2D eigenvalue weighted by Gasteiger charge is -2.13. The van der Waals surface area contributed by atoms with Crippen molar-refractivity contribution < 1.29 is 0 Å². The Morgan fingerprint density at radius 1 is 0.889 bits per heavy atom. The summed E-state index contributed by atoms with van der Waals surface area (Å²) in [5, 5.41) is 6.48. The van der Waals surface area contributed by atoms with Gasteiger partial charge in [0.15, 0.2) is 0 Å². The number of nitrogens with one attached hydrogen (secondary N) is 3. The molecule has 0 fully saturated rings. The normalized spacial score (nSPS) is 10.6. The van der Waals surface area contributed by atoms with Crippen LogP contribution < -0.4 is 15.4 Å². The van der Waals surface area contributed by atoms with Crippen molar-refractivity contribution in [3.8, 4) is 11.1 Å². The van der Waals surface area contributed by atoms with Gasteiger partial charge in [0.2, 0.25) is 11.9 Å². The molecule has 7 heteroatoms. The standard InChI is InChI=1S/C20H24N6S/c1-15-17(9-6-10-18(15)16-7-4-3-5-8-16)13-22-20-24-14-23-19(26-20)21-11-12-25-27-2/h3-10,14,25H,11-13H2,1-2H3,(H2,21,22,23,24,26). The van der Waals surface area contributed by atoms with Crippen LogP contribution in [0.5, 0.6) is 0 Å². The molecule has 3 rings (SSSR count). The van der Waals surface area contributed by atoms with Gasteiger partial charge in [-0.1, -0.05) is 60.5 Å². The summed E-state index contributed by atoms with van der Waals surface area (Å²) in [6, 6.07) is 16.8. The van der Waals surface area contributed by atoms with E-state index in [9.17, 15) is 0 Å². The second-order valence-electron chi connectivity index (χ2n) is 5.97. The molecule has 0 unspecified atom stereocenters. The molecule has 0 aliphatic rings. The Hall–Kier alpha value is -2.64. The minimum atomic E-state index is 0.565. The van der Waals surface area contributed by atoms with Gasteiger partial charge in [0.05, 0.1) is 0 Å². The Morgan fingerprint density at radius 2 is 1.67 bits per heavy atom.